The molecular formula is C11H13Cl2N3O2. The Bertz CT molecular complexity index is 434. The lowest BCUT2D eigenvalue weighted by Gasteiger charge is -2.33. The highest BCUT2D eigenvalue weighted by Gasteiger charge is 2.36. The minimum Gasteiger partial charge on any atom is -0.464 e. The Balaban J connectivity index is 2.11. The third kappa shape index (κ3) is 2.79. The number of hydrazine groups is 1. The summed E-state index contributed by atoms with van der Waals surface area (Å²) in [6.07, 6.45) is 5.72. The molecule has 0 amide bonds. The fraction of sp³-hybridized carbons (Fsp3) is 0.455. The summed E-state index contributed by atoms with van der Waals surface area (Å²) in [5, 5.41) is 8.44. The van der Waals surface area contributed by atoms with Gasteiger partial charge in [0.25, 0.3) is 0 Å². The second kappa shape index (κ2) is 5.63. The Morgan fingerprint density at radius 1 is 1.61 bits per heavy atom. The van der Waals surface area contributed by atoms with E-state index in [0.29, 0.717) is 29.8 Å². The SMILES string of the molecule is CCOC(=O)C1CC(Cl)=NN1N1C=CC=C(Cl)C1. The van der Waals surface area contributed by atoms with Crippen molar-refractivity contribution in [2.45, 2.75) is 19.4 Å². The van der Waals surface area contributed by atoms with E-state index >= 15 is 0 Å². The van der Waals surface area contributed by atoms with Crippen molar-refractivity contribution in [1.29, 1.82) is 0 Å². The van der Waals surface area contributed by atoms with E-state index in [0.717, 1.165) is 0 Å². The van der Waals surface area contributed by atoms with Crippen molar-refractivity contribution in [3.63, 3.8) is 0 Å². The lowest BCUT2D eigenvalue weighted by molar-refractivity contribution is -0.154. The van der Waals surface area contributed by atoms with Crippen molar-refractivity contribution < 1.29 is 9.53 Å². The molecule has 0 saturated heterocycles. The minimum absolute atomic E-state index is 0.331. The van der Waals surface area contributed by atoms with Crippen LogP contribution in [0.25, 0.3) is 0 Å². The van der Waals surface area contributed by atoms with Gasteiger partial charge in [0.05, 0.1) is 13.2 Å². The molecule has 2 aliphatic rings. The molecule has 98 valence electrons. The van der Waals surface area contributed by atoms with Gasteiger partial charge in [0, 0.05) is 17.7 Å². The zero-order chi connectivity index (χ0) is 13.1. The highest BCUT2D eigenvalue weighted by molar-refractivity contribution is 6.65. The van der Waals surface area contributed by atoms with Crippen molar-refractivity contribution in [3.05, 3.63) is 23.4 Å². The third-order valence-electron chi connectivity index (χ3n) is 2.52. The van der Waals surface area contributed by atoms with E-state index in [9.17, 15) is 4.79 Å². The summed E-state index contributed by atoms with van der Waals surface area (Å²) in [5.74, 6) is -0.337. The Morgan fingerprint density at radius 2 is 2.39 bits per heavy atom. The van der Waals surface area contributed by atoms with Crippen molar-refractivity contribution >= 4 is 34.3 Å². The third-order valence-corrected chi connectivity index (χ3v) is 3.00. The number of halogens is 2. The first-order valence-electron chi connectivity index (χ1n) is 5.60. The number of hydrogen-bond acceptors (Lipinski definition) is 5. The Hall–Kier alpha value is -1.20. The first-order valence-corrected chi connectivity index (χ1v) is 6.35. The van der Waals surface area contributed by atoms with E-state index in [1.807, 2.05) is 0 Å². The number of allylic oxidation sites excluding steroid dienone is 2. The molecule has 1 unspecified atom stereocenters. The van der Waals surface area contributed by atoms with Crippen LogP contribution in [0.2, 0.25) is 0 Å². The largest absolute Gasteiger partial charge is 0.464 e. The standard InChI is InChI=1S/C11H13Cl2N3O2/c1-2-18-11(17)9-6-10(13)14-16(9)15-5-3-4-8(12)7-15/h3-5,9H,2,6-7H2,1H3. The van der Waals surface area contributed by atoms with Crippen LogP contribution in [0.1, 0.15) is 13.3 Å². The van der Waals surface area contributed by atoms with E-state index < -0.39 is 6.04 Å². The molecule has 18 heavy (non-hydrogen) atoms. The summed E-state index contributed by atoms with van der Waals surface area (Å²) in [5.41, 5.74) is 0. The molecule has 5 nitrogen and oxygen atoms in total. The highest BCUT2D eigenvalue weighted by atomic mass is 35.5. The second-order valence-electron chi connectivity index (χ2n) is 3.82. The molecule has 7 heteroatoms. The molecule has 2 aliphatic heterocycles. The molecule has 0 radical (unpaired) electrons. The van der Waals surface area contributed by atoms with Gasteiger partial charge < -0.3 is 4.74 Å². The number of hydrogen-bond donors (Lipinski definition) is 0. The summed E-state index contributed by atoms with van der Waals surface area (Å²) in [6.45, 7) is 2.55. The van der Waals surface area contributed by atoms with Crippen LogP contribution in [0, 0.1) is 0 Å². The van der Waals surface area contributed by atoms with Crippen molar-refractivity contribution in [2.24, 2.45) is 5.10 Å². The smallest absolute Gasteiger partial charge is 0.333 e. The fourth-order valence-electron chi connectivity index (χ4n) is 1.76. The van der Waals surface area contributed by atoms with Crippen molar-refractivity contribution in [3.8, 4) is 0 Å². The van der Waals surface area contributed by atoms with Gasteiger partial charge in [-0.3, -0.25) is 5.01 Å². The average molecular weight is 290 g/mol. The van der Waals surface area contributed by atoms with Crippen LogP contribution < -0.4 is 0 Å². The molecular weight excluding hydrogens is 277 g/mol. The number of carbonyl (C=O) groups excluding carboxylic acids is 1. The molecule has 0 aromatic heterocycles. The normalized spacial score (nSPS) is 22.9. The number of ether oxygens (including phenoxy) is 1. The van der Waals surface area contributed by atoms with Gasteiger partial charge in [-0.15, -0.1) is 5.10 Å². The van der Waals surface area contributed by atoms with Gasteiger partial charge in [-0.2, -0.15) is 5.12 Å². The van der Waals surface area contributed by atoms with E-state index in [2.05, 4.69) is 5.10 Å². The number of nitrogens with zero attached hydrogens (tertiary/aromatic N) is 3. The quantitative estimate of drug-likeness (QED) is 0.746. The predicted octanol–water partition coefficient (Wildman–Crippen LogP) is 2.04. The second-order valence-corrected chi connectivity index (χ2v) is 4.74. The molecule has 1 atom stereocenters. The number of esters is 1. The van der Waals surface area contributed by atoms with Crippen LogP contribution in [-0.4, -0.2) is 40.5 Å². The predicted molar refractivity (Wildman–Crippen MR) is 69.9 cm³/mol. The van der Waals surface area contributed by atoms with E-state index in [4.69, 9.17) is 27.9 Å². The molecule has 0 saturated carbocycles. The molecule has 2 heterocycles. The molecule has 0 aromatic rings. The van der Waals surface area contributed by atoms with E-state index in [1.165, 1.54) is 5.12 Å². The van der Waals surface area contributed by atoms with Crippen molar-refractivity contribution in [2.75, 3.05) is 13.2 Å². The summed E-state index contributed by atoms with van der Waals surface area (Å²) in [4.78, 5) is 11.8. The number of carbonyl (C=O) groups is 1. The van der Waals surface area contributed by atoms with Gasteiger partial charge in [0.1, 0.15) is 5.17 Å². The van der Waals surface area contributed by atoms with Gasteiger partial charge in [0.15, 0.2) is 6.04 Å². The van der Waals surface area contributed by atoms with Crippen LogP contribution in [0.5, 0.6) is 0 Å². The van der Waals surface area contributed by atoms with Gasteiger partial charge in [-0.1, -0.05) is 23.2 Å². The number of hydrazone groups is 1. The Kier molecular flexibility index (Phi) is 4.14. The summed E-state index contributed by atoms with van der Waals surface area (Å²) in [7, 11) is 0. The maximum atomic E-state index is 11.8. The van der Waals surface area contributed by atoms with E-state index in [-0.39, 0.29) is 5.97 Å². The first-order chi connectivity index (χ1) is 8.61. The molecule has 0 spiro atoms. The molecule has 0 aromatic carbocycles. The van der Waals surface area contributed by atoms with Gasteiger partial charge in [0.2, 0.25) is 0 Å². The van der Waals surface area contributed by atoms with Crippen LogP contribution in [0.3, 0.4) is 0 Å². The zero-order valence-electron chi connectivity index (χ0n) is 9.84. The molecule has 0 N–H and O–H groups in total. The maximum Gasteiger partial charge on any atom is 0.333 e. The highest BCUT2D eigenvalue weighted by Crippen LogP contribution is 2.24. The number of rotatable bonds is 3. The van der Waals surface area contributed by atoms with Gasteiger partial charge in [-0.05, 0) is 19.1 Å². The fourth-order valence-corrected chi connectivity index (χ4v) is 2.18. The van der Waals surface area contributed by atoms with E-state index in [1.54, 1.807) is 30.3 Å². The van der Waals surface area contributed by atoms with Crippen molar-refractivity contribution in [1.82, 2.24) is 10.1 Å². The zero-order valence-corrected chi connectivity index (χ0v) is 11.4. The summed E-state index contributed by atoms with van der Waals surface area (Å²) in [6, 6.07) is -0.523. The molecule has 0 fully saturated rings. The molecule has 0 aliphatic carbocycles. The maximum absolute atomic E-state index is 11.8. The van der Waals surface area contributed by atoms with Crippen LogP contribution in [0.15, 0.2) is 28.5 Å². The monoisotopic (exact) mass is 289 g/mol. The lowest BCUT2D eigenvalue weighted by Crippen LogP contribution is -2.45. The van der Waals surface area contributed by atoms with Gasteiger partial charge in [-0.25, -0.2) is 4.79 Å². The molecule has 0 bridgehead atoms. The van der Waals surface area contributed by atoms with Crippen LogP contribution >= 0.6 is 23.2 Å². The topological polar surface area (TPSA) is 45.1 Å². The Labute approximate surface area is 115 Å². The minimum atomic E-state index is -0.523. The lowest BCUT2D eigenvalue weighted by atomic mass is 10.2. The average Bonchev–Trinajstić information content (AvgIpc) is 2.72. The first kappa shape index (κ1) is 13.2. The molecule has 2 rings (SSSR count). The Morgan fingerprint density at radius 3 is 3.06 bits per heavy atom. The summed E-state index contributed by atoms with van der Waals surface area (Å²) >= 11 is 11.9. The van der Waals surface area contributed by atoms with Crippen LogP contribution in [0.4, 0.5) is 0 Å². The van der Waals surface area contributed by atoms with Crippen LogP contribution in [-0.2, 0) is 9.53 Å². The van der Waals surface area contributed by atoms with Gasteiger partial charge >= 0.3 is 5.97 Å². The summed E-state index contributed by atoms with van der Waals surface area (Å²) < 4.78 is 5.01.